The minimum absolute atomic E-state index is 0.402. The Morgan fingerprint density at radius 3 is 3.00 bits per heavy atom. The van der Waals surface area contributed by atoms with Crippen LogP contribution in [0.3, 0.4) is 0 Å². The molecule has 0 aromatic carbocycles. The lowest BCUT2D eigenvalue weighted by molar-refractivity contribution is 0.168. The molecule has 3 nitrogen and oxygen atoms in total. The molecule has 0 aliphatic carbocycles. The summed E-state index contributed by atoms with van der Waals surface area (Å²) in [5.41, 5.74) is 1.17. The van der Waals surface area contributed by atoms with Gasteiger partial charge in [-0.15, -0.1) is 0 Å². The summed E-state index contributed by atoms with van der Waals surface area (Å²) >= 11 is 0. The molecule has 3 heteroatoms. The zero-order valence-corrected chi connectivity index (χ0v) is 10.9. The van der Waals surface area contributed by atoms with Crippen LogP contribution in [0.2, 0.25) is 0 Å². The quantitative estimate of drug-likeness (QED) is 0.867. The van der Waals surface area contributed by atoms with Gasteiger partial charge in [-0.25, -0.2) is 0 Å². The van der Waals surface area contributed by atoms with Gasteiger partial charge >= 0.3 is 0 Å². The summed E-state index contributed by atoms with van der Waals surface area (Å²) in [6.07, 6.45) is 5.70. The summed E-state index contributed by atoms with van der Waals surface area (Å²) in [6.45, 7) is 4.56. The molecule has 94 valence electrons. The standard InChI is InChI=1S/C14H23N3/c1-12(14-7-3-4-10-16-14)17(2)13-6-5-9-15-11-8-13/h3-4,7,10,12-13,15H,5-6,8-9,11H2,1-2H3. The molecule has 1 fully saturated rings. The smallest absolute Gasteiger partial charge is 0.0572 e. The summed E-state index contributed by atoms with van der Waals surface area (Å²) in [6, 6.07) is 7.25. The zero-order chi connectivity index (χ0) is 12.1. The van der Waals surface area contributed by atoms with E-state index in [2.05, 4.69) is 41.3 Å². The van der Waals surface area contributed by atoms with Crippen LogP contribution >= 0.6 is 0 Å². The monoisotopic (exact) mass is 233 g/mol. The third-order valence-electron chi connectivity index (χ3n) is 3.85. The highest BCUT2D eigenvalue weighted by atomic mass is 15.2. The fourth-order valence-electron chi connectivity index (χ4n) is 2.56. The Morgan fingerprint density at radius 1 is 1.35 bits per heavy atom. The molecule has 0 amide bonds. The lowest BCUT2D eigenvalue weighted by atomic mass is 10.0. The van der Waals surface area contributed by atoms with Crippen molar-refractivity contribution in [3.05, 3.63) is 30.1 Å². The topological polar surface area (TPSA) is 28.2 Å². The Labute approximate surface area is 104 Å². The molecule has 1 aromatic heterocycles. The van der Waals surface area contributed by atoms with E-state index in [9.17, 15) is 0 Å². The second-order valence-corrected chi connectivity index (χ2v) is 4.93. The third kappa shape index (κ3) is 3.27. The van der Waals surface area contributed by atoms with Crippen LogP contribution in [0, 0.1) is 0 Å². The average molecular weight is 233 g/mol. The molecule has 0 saturated carbocycles. The first kappa shape index (κ1) is 12.5. The number of hydrogen-bond acceptors (Lipinski definition) is 3. The molecule has 1 aromatic rings. The van der Waals surface area contributed by atoms with Gasteiger partial charge in [-0.2, -0.15) is 0 Å². The predicted molar refractivity (Wildman–Crippen MR) is 70.9 cm³/mol. The Bertz CT molecular complexity index is 317. The van der Waals surface area contributed by atoms with Gasteiger partial charge in [-0.3, -0.25) is 9.88 Å². The Hall–Kier alpha value is -0.930. The first-order chi connectivity index (χ1) is 8.29. The van der Waals surface area contributed by atoms with E-state index in [0.29, 0.717) is 12.1 Å². The number of rotatable bonds is 3. The zero-order valence-electron chi connectivity index (χ0n) is 10.9. The van der Waals surface area contributed by atoms with Crippen molar-refractivity contribution in [2.75, 3.05) is 20.1 Å². The van der Waals surface area contributed by atoms with Gasteiger partial charge in [-0.05, 0) is 58.5 Å². The first-order valence-corrected chi connectivity index (χ1v) is 6.62. The van der Waals surface area contributed by atoms with E-state index in [0.717, 1.165) is 6.54 Å². The van der Waals surface area contributed by atoms with Crippen molar-refractivity contribution in [3.63, 3.8) is 0 Å². The molecule has 0 bridgehead atoms. The molecule has 2 heterocycles. The van der Waals surface area contributed by atoms with E-state index in [-0.39, 0.29) is 0 Å². The van der Waals surface area contributed by atoms with Gasteiger partial charge in [0.1, 0.15) is 0 Å². The highest BCUT2D eigenvalue weighted by Gasteiger charge is 2.22. The number of nitrogens with one attached hydrogen (secondary N) is 1. The fourth-order valence-corrected chi connectivity index (χ4v) is 2.56. The molecular weight excluding hydrogens is 210 g/mol. The largest absolute Gasteiger partial charge is 0.317 e. The van der Waals surface area contributed by atoms with Crippen LogP contribution in [0.5, 0.6) is 0 Å². The molecule has 0 spiro atoms. The minimum atomic E-state index is 0.402. The molecule has 2 unspecified atom stereocenters. The second-order valence-electron chi connectivity index (χ2n) is 4.93. The van der Waals surface area contributed by atoms with Crippen molar-refractivity contribution in [2.24, 2.45) is 0 Å². The maximum atomic E-state index is 4.46. The van der Waals surface area contributed by atoms with Crippen molar-refractivity contribution in [2.45, 2.75) is 38.3 Å². The van der Waals surface area contributed by atoms with Gasteiger partial charge in [0.15, 0.2) is 0 Å². The van der Waals surface area contributed by atoms with Crippen LogP contribution in [-0.2, 0) is 0 Å². The molecule has 1 aliphatic heterocycles. The van der Waals surface area contributed by atoms with Crippen LogP contribution in [-0.4, -0.2) is 36.1 Å². The van der Waals surface area contributed by atoms with Crippen molar-refractivity contribution in [3.8, 4) is 0 Å². The molecule has 17 heavy (non-hydrogen) atoms. The summed E-state index contributed by atoms with van der Waals surface area (Å²) in [7, 11) is 2.23. The lowest BCUT2D eigenvalue weighted by Gasteiger charge is -2.32. The number of aromatic nitrogens is 1. The number of nitrogens with zero attached hydrogens (tertiary/aromatic N) is 2. The maximum absolute atomic E-state index is 4.46. The highest BCUT2D eigenvalue weighted by Crippen LogP contribution is 2.22. The fraction of sp³-hybridized carbons (Fsp3) is 0.643. The van der Waals surface area contributed by atoms with Crippen LogP contribution < -0.4 is 5.32 Å². The molecule has 0 radical (unpaired) electrons. The van der Waals surface area contributed by atoms with E-state index in [4.69, 9.17) is 0 Å². The maximum Gasteiger partial charge on any atom is 0.0572 e. The lowest BCUT2D eigenvalue weighted by Crippen LogP contribution is -2.35. The number of pyridine rings is 1. The molecule has 1 aliphatic rings. The highest BCUT2D eigenvalue weighted by molar-refractivity contribution is 5.08. The van der Waals surface area contributed by atoms with Gasteiger partial charge in [0.2, 0.25) is 0 Å². The van der Waals surface area contributed by atoms with Crippen LogP contribution in [0.25, 0.3) is 0 Å². The average Bonchev–Trinajstić information content (AvgIpc) is 2.67. The van der Waals surface area contributed by atoms with E-state index >= 15 is 0 Å². The van der Waals surface area contributed by atoms with E-state index in [1.165, 1.54) is 31.5 Å². The Balaban J connectivity index is 2.00. The van der Waals surface area contributed by atoms with E-state index in [1.54, 1.807) is 0 Å². The molecule has 2 rings (SSSR count). The SMILES string of the molecule is CC(c1ccccn1)N(C)C1CCCNCC1. The van der Waals surface area contributed by atoms with Crippen molar-refractivity contribution in [1.82, 2.24) is 15.2 Å². The van der Waals surface area contributed by atoms with Crippen molar-refractivity contribution in [1.29, 1.82) is 0 Å². The van der Waals surface area contributed by atoms with Crippen molar-refractivity contribution >= 4 is 0 Å². The first-order valence-electron chi connectivity index (χ1n) is 6.62. The summed E-state index contributed by atoms with van der Waals surface area (Å²) < 4.78 is 0. The van der Waals surface area contributed by atoms with E-state index in [1.807, 2.05) is 12.3 Å². The van der Waals surface area contributed by atoms with Gasteiger partial charge < -0.3 is 5.32 Å². The molecule has 1 N–H and O–H groups in total. The van der Waals surface area contributed by atoms with Gasteiger partial charge in [-0.1, -0.05) is 6.07 Å². The van der Waals surface area contributed by atoms with Crippen LogP contribution in [0.15, 0.2) is 24.4 Å². The van der Waals surface area contributed by atoms with Crippen molar-refractivity contribution < 1.29 is 0 Å². The van der Waals surface area contributed by atoms with Crippen LogP contribution in [0.4, 0.5) is 0 Å². The Kier molecular flexibility index (Phi) is 4.51. The normalized spacial score (nSPS) is 23.4. The van der Waals surface area contributed by atoms with Gasteiger partial charge in [0.25, 0.3) is 0 Å². The number of hydrogen-bond donors (Lipinski definition) is 1. The summed E-state index contributed by atoms with van der Waals surface area (Å²) in [5.74, 6) is 0. The summed E-state index contributed by atoms with van der Waals surface area (Å²) in [4.78, 5) is 6.94. The minimum Gasteiger partial charge on any atom is -0.317 e. The Morgan fingerprint density at radius 2 is 2.24 bits per heavy atom. The van der Waals surface area contributed by atoms with Gasteiger partial charge in [0.05, 0.1) is 5.69 Å². The molecule has 2 atom stereocenters. The molecule has 1 saturated heterocycles. The predicted octanol–water partition coefficient (Wildman–Crippen LogP) is 2.22. The van der Waals surface area contributed by atoms with Gasteiger partial charge in [0, 0.05) is 18.3 Å². The molecular formula is C14H23N3. The van der Waals surface area contributed by atoms with E-state index < -0.39 is 0 Å². The second kappa shape index (κ2) is 6.12. The summed E-state index contributed by atoms with van der Waals surface area (Å²) in [5, 5.41) is 3.47. The van der Waals surface area contributed by atoms with Crippen LogP contribution in [0.1, 0.15) is 37.9 Å². The third-order valence-corrected chi connectivity index (χ3v) is 3.85.